The smallest absolute Gasteiger partial charge is 0.407 e. The highest BCUT2D eigenvalue weighted by Crippen LogP contribution is 2.26. The van der Waals surface area contributed by atoms with Gasteiger partial charge in [0.25, 0.3) is 0 Å². The van der Waals surface area contributed by atoms with E-state index in [4.69, 9.17) is 28.4 Å². The zero-order valence-corrected chi connectivity index (χ0v) is 24.6. The topological polar surface area (TPSA) is 97.4 Å². The molecule has 1 fully saturated rings. The lowest BCUT2D eigenvalue weighted by molar-refractivity contribution is -0.102. The number of pyridine rings is 1. The third-order valence-electron chi connectivity index (χ3n) is 5.96. The van der Waals surface area contributed by atoms with Crippen molar-refractivity contribution in [3.8, 4) is 29.2 Å². The number of hydrogen-bond donors (Lipinski definition) is 1. The van der Waals surface area contributed by atoms with Crippen LogP contribution in [0.4, 0.5) is 4.79 Å². The van der Waals surface area contributed by atoms with Gasteiger partial charge in [-0.3, -0.25) is 0 Å². The first kappa shape index (κ1) is 30.7. The van der Waals surface area contributed by atoms with Crippen LogP contribution in [0.15, 0.2) is 60.7 Å². The molecule has 0 bridgehead atoms. The molecule has 1 saturated heterocycles. The van der Waals surface area contributed by atoms with Crippen molar-refractivity contribution in [3.05, 3.63) is 83.0 Å². The molecule has 42 heavy (non-hydrogen) atoms. The molecule has 0 radical (unpaired) electrons. The van der Waals surface area contributed by atoms with Gasteiger partial charge in [-0.25, -0.2) is 9.78 Å². The minimum Gasteiger partial charge on any atom is -0.492 e. The molecule has 1 amide bonds. The highest BCUT2D eigenvalue weighted by molar-refractivity contribution is 5.67. The molecule has 1 aliphatic heterocycles. The first-order valence-electron chi connectivity index (χ1n) is 14.0. The predicted octanol–water partition coefficient (Wildman–Crippen LogP) is 5.07. The van der Waals surface area contributed by atoms with E-state index < -0.39 is 11.7 Å². The maximum atomic E-state index is 11.7. The predicted molar refractivity (Wildman–Crippen MR) is 158 cm³/mol. The molecule has 3 aromatic rings. The molecule has 4 rings (SSSR count). The maximum Gasteiger partial charge on any atom is 0.407 e. The van der Waals surface area contributed by atoms with E-state index >= 15 is 0 Å². The molecule has 0 saturated carbocycles. The number of ether oxygens (including phenoxy) is 6. The van der Waals surface area contributed by atoms with Crippen molar-refractivity contribution < 1.29 is 33.2 Å². The number of nitrogens with zero attached hydrogens (tertiary/aromatic N) is 1. The van der Waals surface area contributed by atoms with E-state index in [1.807, 2.05) is 82.3 Å². The molecular formula is C33H38N2O7. The van der Waals surface area contributed by atoms with Crippen LogP contribution in [-0.4, -0.2) is 62.4 Å². The summed E-state index contributed by atoms with van der Waals surface area (Å²) in [5.74, 6) is 8.07. The Hall–Kier alpha value is -4.26. The quantitative estimate of drug-likeness (QED) is 0.265. The fourth-order valence-electron chi connectivity index (χ4n) is 3.86. The van der Waals surface area contributed by atoms with Gasteiger partial charge in [-0.2, -0.15) is 0 Å². The van der Waals surface area contributed by atoms with Crippen LogP contribution in [-0.2, 0) is 20.8 Å². The summed E-state index contributed by atoms with van der Waals surface area (Å²) in [5, 5.41) is 2.67. The number of carbonyl (C=O) groups excluding carboxylic acids is 1. The second kappa shape index (κ2) is 15.1. The van der Waals surface area contributed by atoms with E-state index in [1.54, 1.807) is 6.07 Å². The Bertz CT molecular complexity index is 1350. The van der Waals surface area contributed by atoms with Crippen LogP contribution in [0, 0.1) is 18.8 Å². The normalized spacial score (nSPS) is 14.7. The summed E-state index contributed by atoms with van der Waals surface area (Å²) in [7, 11) is 0. The summed E-state index contributed by atoms with van der Waals surface area (Å²) < 4.78 is 34.2. The third kappa shape index (κ3) is 10.3. The highest BCUT2D eigenvalue weighted by Gasteiger charge is 2.17. The summed E-state index contributed by atoms with van der Waals surface area (Å²) >= 11 is 0. The van der Waals surface area contributed by atoms with Gasteiger partial charge in [0.1, 0.15) is 48.7 Å². The molecule has 0 spiro atoms. The Morgan fingerprint density at radius 3 is 2.52 bits per heavy atom. The van der Waals surface area contributed by atoms with Crippen LogP contribution in [0.3, 0.4) is 0 Å². The molecule has 9 nitrogen and oxygen atoms in total. The zero-order chi connectivity index (χ0) is 29.8. The fraction of sp³-hybridized carbons (Fsp3) is 0.394. The summed E-state index contributed by atoms with van der Waals surface area (Å²) in [5.41, 5.74) is 2.69. The Kier molecular flexibility index (Phi) is 11.0. The minimum absolute atomic E-state index is 0.154. The molecule has 1 N–H and O–H groups in total. The molecule has 222 valence electrons. The lowest BCUT2D eigenvalue weighted by Crippen LogP contribution is -2.34. The van der Waals surface area contributed by atoms with Crippen molar-refractivity contribution in [1.82, 2.24) is 10.3 Å². The number of rotatable bonds is 10. The zero-order valence-electron chi connectivity index (χ0n) is 24.6. The molecular weight excluding hydrogens is 536 g/mol. The molecule has 0 aliphatic carbocycles. The van der Waals surface area contributed by atoms with Gasteiger partial charge in [0, 0.05) is 17.2 Å². The Labute approximate surface area is 247 Å². The monoisotopic (exact) mass is 574 g/mol. The number of nitrogens with one attached hydrogen (secondary N) is 1. The van der Waals surface area contributed by atoms with Crippen molar-refractivity contribution in [3.63, 3.8) is 0 Å². The first-order valence-corrected chi connectivity index (χ1v) is 14.0. The molecule has 2 aromatic carbocycles. The number of carbonyl (C=O) groups is 1. The van der Waals surface area contributed by atoms with Crippen molar-refractivity contribution in [1.29, 1.82) is 0 Å². The van der Waals surface area contributed by atoms with Gasteiger partial charge < -0.3 is 33.7 Å². The number of benzene rings is 2. The molecule has 1 aliphatic rings. The van der Waals surface area contributed by atoms with E-state index in [0.29, 0.717) is 69.3 Å². The van der Waals surface area contributed by atoms with E-state index in [9.17, 15) is 4.79 Å². The second-order valence-electron chi connectivity index (χ2n) is 10.6. The first-order chi connectivity index (χ1) is 20.2. The maximum absolute atomic E-state index is 11.7. The summed E-state index contributed by atoms with van der Waals surface area (Å²) in [6.07, 6.45) is -0.626. The number of alkyl carbamates (subject to hydrolysis) is 1. The van der Waals surface area contributed by atoms with E-state index in [-0.39, 0.29) is 6.10 Å². The van der Waals surface area contributed by atoms with Gasteiger partial charge in [0.05, 0.1) is 26.4 Å². The van der Waals surface area contributed by atoms with Crippen LogP contribution in [0.1, 0.15) is 43.2 Å². The number of aromatic nitrogens is 1. The summed E-state index contributed by atoms with van der Waals surface area (Å²) in [6, 6.07) is 19.1. The Morgan fingerprint density at radius 2 is 1.81 bits per heavy atom. The summed E-state index contributed by atoms with van der Waals surface area (Å²) in [6.45, 7) is 10.4. The van der Waals surface area contributed by atoms with Gasteiger partial charge in [0.2, 0.25) is 5.88 Å². The van der Waals surface area contributed by atoms with E-state index in [2.05, 4.69) is 22.1 Å². The third-order valence-corrected chi connectivity index (χ3v) is 5.96. The number of hydrogen-bond acceptors (Lipinski definition) is 8. The number of amides is 1. The standard InChI is InChI=1S/C33H38N2O7/c1-24-29(15-12-25-10-13-27(14-11-25)38-17-16-34-32(36)42-33(2,3)4)35-31(41-23-28-22-37-18-19-39-28)20-30(24)40-21-26-8-6-5-7-9-26/h5-11,13-14,20,28H,16-19,21-23H2,1-4H3,(H,34,36). The van der Waals surface area contributed by atoms with Crippen LogP contribution in [0.5, 0.6) is 17.4 Å². The largest absolute Gasteiger partial charge is 0.492 e. The average molecular weight is 575 g/mol. The van der Waals surface area contributed by atoms with Gasteiger partial charge in [-0.05, 0) is 63.4 Å². The molecule has 1 unspecified atom stereocenters. The van der Waals surface area contributed by atoms with Gasteiger partial charge in [-0.15, -0.1) is 0 Å². The fourth-order valence-corrected chi connectivity index (χ4v) is 3.86. The van der Waals surface area contributed by atoms with Gasteiger partial charge in [-0.1, -0.05) is 36.3 Å². The van der Waals surface area contributed by atoms with Crippen LogP contribution in [0.2, 0.25) is 0 Å². The van der Waals surface area contributed by atoms with E-state index in [1.165, 1.54) is 0 Å². The Balaban J connectivity index is 1.40. The van der Waals surface area contributed by atoms with Crippen LogP contribution >= 0.6 is 0 Å². The van der Waals surface area contributed by atoms with Gasteiger partial charge >= 0.3 is 6.09 Å². The molecule has 1 aromatic heterocycles. The molecule has 2 heterocycles. The second-order valence-corrected chi connectivity index (χ2v) is 10.6. The lowest BCUT2D eigenvalue weighted by atomic mass is 10.1. The summed E-state index contributed by atoms with van der Waals surface area (Å²) in [4.78, 5) is 16.4. The highest BCUT2D eigenvalue weighted by atomic mass is 16.6. The average Bonchev–Trinajstić information content (AvgIpc) is 2.98. The van der Waals surface area contributed by atoms with Gasteiger partial charge in [0.15, 0.2) is 0 Å². The van der Waals surface area contributed by atoms with Crippen molar-refractivity contribution in [2.75, 3.05) is 39.6 Å². The molecule has 1 atom stereocenters. The van der Waals surface area contributed by atoms with Crippen LogP contribution in [0.25, 0.3) is 0 Å². The van der Waals surface area contributed by atoms with E-state index in [0.717, 1.165) is 16.7 Å². The Morgan fingerprint density at radius 1 is 1.02 bits per heavy atom. The minimum atomic E-state index is -0.541. The van der Waals surface area contributed by atoms with Crippen LogP contribution < -0.4 is 19.5 Å². The molecule has 9 heteroatoms. The van der Waals surface area contributed by atoms with Crippen molar-refractivity contribution in [2.24, 2.45) is 0 Å². The lowest BCUT2D eigenvalue weighted by Gasteiger charge is -2.23. The van der Waals surface area contributed by atoms with Crippen molar-refractivity contribution >= 4 is 6.09 Å². The SMILES string of the molecule is Cc1c(OCc2ccccc2)cc(OCC2COCCO2)nc1C#Cc1ccc(OCCNC(=O)OC(C)(C)C)cc1. The van der Waals surface area contributed by atoms with Crippen molar-refractivity contribution in [2.45, 2.75) is 46.0 Å².